The molecule has 0 radical (unpaired) electrons. The summed E-state index contributed by atoms with van der Waals surface area (Å²) in [5.74, 6) is 0. The highest BCUT2D eigenvalue weighted by Gasteiger charge is 2.05. The van der Waals surface area contributed by atoms with Crippen LogP contribution < -0.4 is 4.73 Å². The second-order valence-electron chi connectivity index (χ2n) is 1.87. The van der Waals surface area contributed by atoms with Crippen molar-refractivity contribution >= 4 is 11.2 Å². The Morgan fingerprint density at radius 3 is 3.30 bits per heavy atom. The average molecular weight is 136 g/mol. The predicted molar refractivity (Wildman–Crippen MR) is 33.0 cm³/mol. The lowest BCUT2D eigenvalue weighted by Crippen LogP contribution is -2.25. The van der Waals surface area contributed by atoms with Gasteiger partial charge in [-0.15, -0.1) is 0 Å². The standard InChI is InChI=1S/C6H4N2O2/c9-8-3-1-2-5-6(8)7-4-10-5/h1-4H. The van der Waals surface area contributed by atoms with Crippen molar-refractivity contribution in [3.63, 3.8) is 0 Å². The van der Waals surface area contributed by atoms with Gasteiger partial charge in [0.2, 0.25) is 5.58 Å². The minimum absolute atomic E-state index is 0.322. The number of hydrogen-bond acceptors (Lipinski definition) is 3. The number of pyridine rings is 1. The van der Waals surface area contributed by atoms with E-state index in [0.29, 0.717) is 16.0 Å². The van der Waals surface area contributed by atoms with Gasteiger partial charge in [0.15, 0.2) is 0 Å². The molecule has 0 aliphatic carbocycles. The van der Waals surface area contributed by atoms with Crippen LogP contribution in [-0.4, -0.2) is 4.98 Å². The van der Waals surface area contributed by atoms with Crippen LogP contribution in [0.5, 0.6) is 0 Å². The van der Waals surface area contributed by atoms with Gasteiger partial charge in [-0.3, -0.25) is 0 Å². The Hall–Kier alpha value is -1.58. The molecule has 2 heterocycles. The zero-order valence-electron chi connectivity index (χ0n) is 5.02. The monoisotopic (exact) mass is 136 g/mol. The first-order valence-corrected chi connectivity index (χ1v) is 2.79. The van der Waals surface area contributed by atoms with Crippen LogP contribution in [0.4, 0.5) is 0 Å². The van der Waals surface area contributed by atoms with Crippen LogP contribution in [0.15, 0.2) is 29.1 Å². The van der Waals surface area contributed by atoms with E-state index < -0.39 is 0 Å². The molecule has 2 rings (SSSR count). The first-order valence-electron chi connectivity index (χ1n) is 2.79. The van der Waals surface area contributed by atoms with Crippen LogP contribution in [0.1, 0.15) is 0 Å². The van der Waals surface area contributed by atoms with Crippen molar-refractivity contribution in [3.8, 4) is 0 Å². The van der Waals surface area contributed by atoms with Gasteiger partial charge < -0.3 is 9.62 Å². The van der Waals surface area contributed by atoms with E-state index in [2.05, 4.69) is 4.98 Å². The lowest BCUT2D eigenvalue weighted by Gasteiger charge is -1.96. The smallest absolute Gasteiger partial charge is 0.372 e. The van der Waals surface area contributed by atoms with Gasteiger partial charge in [-0.1, -0.05) is 0 Å². The van der Waals surface area contributed by atoms with Gasteiger partial charge in [0.05, 0.1) is 6.20 Å². The number of aromatic nitrogens is 2. The van der Waals surface area contributed by atoms with Crippen LogP contribution in [0.25, 0.3) is 11.2 Å². The van der Waals surface area contributed by atoms with E-state index in [9.17, 15) is 5.21 Å². The second-order valence-corrected chi connectivity index (χ2v) is 1.87. The van der Waals surface area contributed by atoms with Crippen LogP contribution >= 0.6 is 0 Å². The Balaban J connectivity index is 2.95. The fourth-order valence-corrected chi connectivity index (χ4v) is 0.808. The van der Waals surface area contributed by atoms with Crippen molar-refractivity contribution < 1.29 is 9.15 Å². The number of hydrogen-bond donors (Lipinski definition) is 0. The molecule has 0 amide bonds. The van der Waals surface area contributed by atoms with Gasteiger partial charge in [-0.2, -0.15) is 0 Å². The molecule has 0 spiro atoms. The van der Waals surface area contributed by atoms with Gasteiger partial charge in [-0.25, -0.2) is 4.73 Å². The Kier molecular flexibility index (Phi) is 0.887. The molecule has 4 nitrogen and oxygen atoms in total. The summed E-state index contributed by atoms with van der Waals surface area (Å²) in [6.07, 6.45) is 2.63. The van der Waals surface area contributed by atoms with Crippen LogP contribution in [0.2, 0.25) is 0 Å². The zero-order valence-corrected chi connectivity index (χ0v) is 5.02. The number of nitrogens with zero attached hydrogens (tertiary/aromatic N) is 2. The molecule has 0 aliphatic rings. The molecular weight excluding hydrogens is 132 g/mol. The molecule has 0 atom stereocenters. The SMILES string of the molecule is [O-][n+]1cccc2ocnc21. The molecule has 0 aliphatic heterocycles. The fourth-order valence-electron chi connectivity index (χ4n) is 0.808. The summed E-state index contributed by atoms with van der Waals surface area (Å²) in [5.41, 5.74) is 0.833. The number of fused-ring (bicyclic) bond motifs is 1. The minimum atomic E-state index is 0.322. The van der Waals surface area contributed by atoms with Gasteiger partial charge in [0.1, 0.15) is 0 Å². The second kappa shape index (κ2) is 1.70. The third-order valence-electron chi connectivity index (χ3n) is 1.25. The highest BCUT2D eigenvalue weighted by Crippen LogP contribution is 2.04. The first kappa shape index (κ1) is 5.22. The number of oxazole rings is 1. The van der Waals surface area contributed by atoms with E-state index in [4.69, 9.17) is 4.42 Å². The molecule has 4 heteroatoms. The quantitative estimate of drug-likeness (QED) is 0.390. The Labute approximate surface area is 56.3 Å². The molecule has 0 bridgehead atoms. The molecule has 10 heavy (non-hydrogen) atoms. The Morgan fingerprint density at radius 1 is 1.60 bits per heavy atom. The van der Waals surface area contributed by atoms with Crippen molar-refractivity contribution in [2.24, 2.45) is 0 Å². The molecule has 2 aromatic rings. The van der Waals surface area contributed by atoms with Gasteiger partial charge in [0, 0.05) is 0 Å². The molecule has 0 saturated heterocycles. The van der Waals surface area contributed by atoms with Gasteiger partial charge >= 0.3 is 5.65 Å². The average Bonchev–Trinajstić information content (AvgIpc) is 2.36. The predicted octanol–water partition coefficient (Wildman–Crippen LogP) is 0.461. The highest BCUT2D eigenvalue weighted by atomic mass is 16.5. The zero-order chi connectivity index (χ0) is 6.97. The summed E-state index contributed by atoms with van der Waals surface area (Å²) >= 11 is 0. The van der Waals surface area contributed by atoms with Crippen molar-refractivity contribution in [1.29, 1.82) is 0 Å². The molecule has 0 aromatic carbocycles. The van der Waals surface area contributed by atoms with Crippen molar-refractivity contribution in [2.75, 3.05) is 0 Å². The summed E-state index contributed by atoms with van der Waals surface area (Å²) in [5, 5.41) is 10.8. The molecule has 0 unspecified atom stereocenters. The van der Waals surface area contributed by atoms with Crippen LogP contribution in [-0.2, 0) is 0 Å². The Morgan fingerprint density at radius 2 is 2.50 bits per heavy atom. The van der Waals surface area contributed by atoms with Crippen LogP contribution in [0.3, 0.4) is 0 Å². The van der Waals surface area contributed by atoms with Crippen molar-refractivity contribution in [3.05, 3.63) is 29.9 Å². The van der Waals surface area contributed by atoms with Gasteiger partial charge in [0.25, 0.3) is 6.39 Å². The first-order chi connectivity index (χ1) is 4.88. The van der Waals surface area contributed by atoms with E-state index in [1.807, 2.05) is 0 Å². The number of rotatable bonds is 0. The summed E-state index contributed by atoms with van der Waals surface area (Å²) in [7, 11) is 0. The van der Waals surface area contributed by atoms with E-state index in [-0.39, 0.29) is 0 Å². The maximum absolute atomic E-state index is 10.8. The van der Waals surface area contributed by atoms with E-state index in [1.165, 1.54) is 12.6 Å². The maximum atomic E-state index is 10.8. The summed E-state index contributed by atoms with van der Waals surface area (Å²) in [4.78, 5) is 3.70. The van der Waals surface area contributed by atoms with E-state index in [1.54, 1.807) is 12.1 Å². The van der Waals surface area contributed by atoms with Crippen LogP contribution in [0, 0.1) is 5.21 Å². The van der Waals surface area contributed by atoms with E-state index >= 15 is 0 Å². The van der Waals surface area contributed by atoms with Crippen molar-refractivity contribution in [2.45, 2.75) is 0 Å². The van der Waals surface area contributed by atoms with E-state index in [0.717, 1.165) is 0 Å². The third-order valence-corrected chi connectivity index (χ3v) is 1.25. The molecule has 0 saturated carbocycles. The van der Waals surface area contributed by atoms with Crippen molar-refractivity contribution in [1.82, 2.24) is 4.98 Å². The maximum Gasteiger partial charge on any atom is 0.372 e. The third kappa shape index (κ3) is 0.556. The Bertz CT molecular complexity index is 355. The molecule has 0 N–H and O–H groups in total. The summed E-state index contributed by atoms with van der Waals surface area (Å²) < 4.78 is 5.53. The molecule has 0 fully saturated rings. The lowest BCUT2D eigenvalue weighted by molar-refractivity contribution is -0.579. The largest absolute Gasteiger partial charge is 0.710 e. The topological polar surface area (TPSA) is 53.0 Å². The van der Waals surface area contributed by atoms with Gasteiger partial charge in [-0.05, 0) is 17.1 Å². The minimum Gasteiger partial charge on any atom is -0.710 e. The molecular formula is C6H4N2O2. The molecule has 2 aromatic heterocycles. The molecule has 50 valence electrons. The lowest BCUT2D eigenvalue weighted by atomic mass is 10.5. The highest BCUT2D eigenvalue weighted by molar-refractivity contribution is 5.62. The summed E-state index contributed by atoms with van der Waals surface area (Å²) in [6, 6.07) is 3.30. The fraction of sp³-hybridized carbons (Fsp3) is 0. The normalized spacial score (nSPS) is 10.4. The summed E-state index contributed by atoms with van der Waals surface area (Å²) in [6.45, 7) is 0.